The summed E-state index contributed by atoms with van der Waals surface area (Å²) in [5, 5.41) is 10.6. The minimum Gasteiger partial charge on any atom is -0.461 e. The van der Waals surface area contributed by atoms with Gasteiger partial charge < -0.3 is 9.47 Å². The lowest BCUT2D eigenvalue weighted by molar-refractivity contribution is -0.507. The number of ether oxygens (including phenoxy) is 2. The van der Waals surface area contributed by atoms with E-state index in [1.165, 1.54) is 0 Å². The van der Waals surface area contributed by atoms with Crippen molar-refractivity contribution in [2.45, 2.75) is 13.0 Å². The molecule has 0 spiro atoms. The molecule has 19 heavy (non-hydrogen) atoms. The highest BCUT2D eigenvalue weighted by molar-refractivity contribution is 5.70. The van der Waals surface area contributed by atoms with Crippen molar-refractivity contribution in [1.82, 2.24) is 0 Å². The van der Waals surface area contributed by atoms with E-state index in [0.717, 1.165) is 5.56 Å². The fraction of sp³-hybridized carbons (Fsp3) is 0.462. The predicted octanol–water partition coefficient (Wildman–Crippen LogP) is 1.41. The summed E-state index contributed by atoms with van der Waals surface area (Å²) in [4.78, 5) is 21.9. The molecule has 0 aliphatic carbocycles. The Morgan fingerprint density at radius 1 is 1.37 bits per heavy atom. The van der Waals surface area contributed by atoms with Gasteiger partial charge in [-0.25, -0.2) is 0 Å². The molecule has 0 unspecified atom stereocenters. The van der Waals surface area contributed by atoms with Crippen LogP contribution in [0.15, 0.2) is 30.3 Å². The van der Waals surface area contributed by atoms with E-state index in [9.17, 15) is 14.9 Å². The van der Waals surface area contributed by atoms with Gasteiger partial charge in [-0.1, -0.05) is 30.3 Å². The number of hydrogen-bond donors (Lipinski definition) is 0. The molecule has 1 aliphatic rings. The summed E-state index contributed by atoms with van der Waals surface area (Å²) in [5.41, 5.74) is 0.209. The maximum absolute atomic E-state index is 11.7. The molecular formula is C13H15NO5. The van der Waals surface area contributed by atoms with E-state index in [2.05, 4.69) is 0 Å². The molecule has 0 saturated carbocycles. The first-order chi connectivity index (χ1) is 9.10. The minimum absolute atomic E-state index is 0.0286. The smallest absolute Gasteiger partial charge is 0.307 e. The van der Waals surface area contributed by atoms with Crippen LogP contribution >= 0.6 is 0 Å². The lowest BCUT2D eigenvalue weighted by Crippen LogP contribution is -2.49. The number of nitro groups is 1. The molecular weight excluding hydrogens is 250 g/mol. The summed E-state index contributed by atoms with van der Waals surface area (Å²) in [6, 6.07) is 9.30. The van der Waals surface area contributed by atoms with Gasteiger partial charge in [-0.05, 0) is 5.56 Å². The highest BCUT2D eigenvalue weighted by Crippen LogP contribution is 2.32. The van der Waals surface area contributed by atoms with Gasteiger partial charge in [-0.3, -0.25) is 14.9 Å². The largest absolute Gasteiger partial charge is 0.461 e. The molecule has 0 amide bonds. The Labute approximate surface area is 110 Å². The van der Waals surface area contributed by atoms with Gasteiger partial charge in [-0.2, -0.15) is 0 Å². The molecule has 102 valence electrons. The van der Waals surface area contributed by atoms with Crippen molar-refractivity contribution < 1.29 is 19.2 Å². The van der Waals surface area contributed by atoms with Crippen molar-refractivity contribution in [2.24, 2.45) is 5.41 Å². The zero-order valence-corrected chi connectivity index (χ0v) is 10.4. The zero-order valence-electron chi connectivity index (χ0n) is 10.4. The Bertz CT molecular complexity index is 455. The Morgan fingerprint density at radius 2 is 2.05 bits per heavy atom. The lowest BCUT2D eigenvalue weighted by atomic mass is 9.82. The first-order valence-electron chi connectivity index (χ1n) is 5.99. The second-order valence-electron chi connectivity index (χ2n) is 4.81. The number of rotatable bonds is 6. The van der Waals surface area contributed by atoms with Crippen molar-refractivity contribution >= 4 is 5.97 Å². The summed E-state index contributed by atoms with van der Waals surface area (Å²) in [6.07, 6.45) is 0.0286. The van der Waals surface area contributed by atoms with Gasteiger partial charge >= 0.3 is 5.97 Å². The molecule has 6 heteroatoms. The minimum atomic E-state index is -0.683. The van der Waals surface area contributed by atoms with Crippen LogP contribution < -0.4 is 0 Å². The fourth-order valence-corrected chi connectivity index (χ4v) is 2.01. The second kappa shape index (κ2) is 5.79. The van der Waals surface area contributed by atoms with Crippen molar-refractivity contribution in [3.05, 3.63) is 46.0 Å². The van der Waals surface area contributed by atoms with Crippen LogP contribution in [0.5, 0.6) is 0 Å². The van der Waals surface area contributed by atoms with E-state index in [1.54, 1.807) is 0 Å². The molecule has 0 aromatic heterocycles. The van der Waals surface area contributed by atoms with Gasteiger partial charge in [0.05, 0.1) is 25.0 Å². The Kier molecular flexibility index (Phi) is 4.11. The van der Waals surface area contributed by atoms with Gasteiger partial charge in [-0.15, -0.1) is 0 Å². The molecule has 1 aromatic rings. The molecule has 1 saturated heterocycles. The monoisotopic (exact) mass is 265 g/mol. The summed E-state index contributed by atoms with van der Waals surface area (Å²) < 4.78 is 10.1. The van der Waals surface area contributed by atoms with Crippen molar-refractivity contribution in [3.63, 3.8) is 0 Å². The number of hydrogen-bond acceptors (Lipinski definition) is 5. The van der Waals surface area contributed by atoms with Crippen LogP contribution in [0.1, 0.15) is 12.0 Å². The molecule has 0 radical (unpaired) electrons. The van der Waals surface area contributed by atoms with Crippen LogP contribution in [0.25, 0.3) is 0 Å². The summed E-state index contributed by atoms with van der Waals surface area (Å²) in [6.45, 7) is 0.422. The quantitative estimate of drug-likeness (QED) is 0.441. The third-order valence-electron chi connectivity index (χ3n) is 3.04. The third kappa shape index (κ3) is 3.75. The molecule has 0 bridgehead atoms. The normalized spacial score (nSPS) is 16.4. The lowest BCUT2D eigenvalue weighted by Gasteiger charge is -2.36. The molecule has 2 rings (SSSR count). The van der Waals surface area contributed by atoms with Gasteiger partial charge in [0, 0.05) is 4.92 Å². The van der Waals surface area contributed by atoms with Crippen LogP contribution in [0.2, 0.25) is 0 Å². The van der Waals surface area contributed by atoms with Gasteiger partial charge in [0.2, 0.25) is 6.54 Å². The highest BCUT2D eigenvalue weighted by Gasteiger charge is 2.45. The van der Waals surface area contributed by atoms with Crippen LogP contribution in [0, 0.1) is 15.5 Å². The Hall–Kier alpha value is -1.95. The molecule has 0 atom stereocenters. The number of esters is 1. The number of benzene rings is 1. The van der Waals surface area contributed by atoms with E-state index in [1.807, 2.05) is 30.3 Å². The number of nitrogens with zero attached hydrogens (tertiary/aromatic N) is 1. The average molecular weight is 265 g/mol. The van der Waals surface area contributed by atoms with Gasteiger partial charge in [0.25, 0.3) is 0 Å². The zero-order chi connectivity index (χ0) is 13.7. The van der Waals surface area contributed by atoms with Crippen LogP contribution in [-0.4, -0.2) is 30.7 Å². The van der Waals surface area contributed by atoms with E-state index in [-0.39, 0.29) is 32.8 Å². The van der Waals surface area contributed by atoms with Crippen LogP contribution in [0.4, 0.5) is 0 Å². The number of carbonyl (C=O) groups is 1. The molecule has 1 fully saturated rings. The van der Waals surface area contributed by atoms with E-state index >= 15 is 0 Å². The third-order valence-corrected chi connectivity index (χ3v) is 3.04. The van der Waals surface area contributed by atoms with Gasteiger partial charge in [0.1, 0.15) is 6.61 Å². The van der Waals surface area contributed by atoms with Crippen molar-refractivity contribution in [1.29, 1.82) is 0 Å². The first-order valence-corrected chi connectivity index (χ1v) is 5.99. The van der Waals surface area contributed by atoms with E-state index < -0.39 is 16.3 Å². The van der Waals surface area contributed by atoms with Crippen molar-refractivity contribution in [2.75, 3.05) is 19.8 Å². The predicted molar refractivity (Wildman–Crippen MR) is 66.0 cm³/mol. The summed E-state index contributed by atoms with van der Waals surface area (Å²) >= 11 is 0. The molecule has 1 heterocycles. The van der Waals surface area contributed by atoms with Gasteiger partial charge in [0.15, 0.2) is 0 Å². The van der Waals surface area contributed by atoms with E-state index in [0.29, 0.717) is 0 Å². The summed E-state index contributed by atoms with van der Waals surface area (Å²) in [7, 11) is 0. The molecule has 1 aliphatic heterocycles. The fourth-order valence-electron chi connectivity index (χ4n) is 2.01. The maximum Gasteiger partial charge on any atom is 0.307 e. The molecule has 1 aromatic carbocycles. The Morgan fingerprint density at radius 3 is 2.58 bits per heavy atom. The average Bonchev–Trinajstić information content (AvgIpc) is 2.34. The molecule has 0 N–H and O–H groups in total. The molecule has 6 nitrogen and oxygen atoms in total. The topological polar surface area (TPSA) is 78.7 Å². The number of carbonyl (C=O) groups excluding carboxylic acids is 1. The summed E-state index contributed by atoms with van der Waals surface area (Å²) in [5.74, 6) is -0.422. The van der Waals surface area contributed by atoms with Crippen molar-refractivity contribution in [3.8, 4) is 0 Å². The van der Waals surface area contributed by atoms with Crippen LogP contribution in [-0.2, 0) is 20.9 Å². The highest BCUT2D eigenvalue weighted by atomic mass is 16.6. The standard InChI is InChI=1S/C13H15NO5/c15-12(19-7-11-4-2-1-3-5-11)6-13(8-14(16)17)9-18-10-13/h1-5H,6-10H2. The Balaban J connectivity index is 1.82. The van der Waals surface area contributed by atoms with E-state index in [4.69, 9.17) is 9.47 Å². The SMILES string of the molecule is O=C(CC1(C[N+](=O)[O-])COC1)OCc1ccccc1. The second-order valence-corrected chi connectivity index (χ2v) is 4.81. The van der Waals surface area contributed by atoms with Crippen LogP contribution in [0.3, 0.4) is 0 Å². The first kappa shape index (κ1) is 13.5. The maximum atomic E-state index is 11.7.